The number of nitrogens with one attached hydrogen (secondary N) is 1. The van der Waals surface area contributed by atoms with Gasteiger partial charge in [0.15, 0.2) is 6.10 Å². The van der Waals surface area contributed by atoms with Gasteiger partial charge < -0.3 is 14.7 Å². The Hall–Kier alpha value is -1.19. The summed E-state index contributed by atoms with van der Waals surface area (Å²) >= 11 is 0. The smallest absolute Gasteiger partial charge is 0.334 e. The first-order chi connectivity index (χ1) is 11.2. The van der Waals surface area contributed by atoms with Crippen molar-refractivity contribution in [2.75, 3.05) is 18.8 Å². The maximum absolute atomic E-state index is 12.3. The molecular formula is C15H26N2O6S. The average molecular weight is 362 g/mol. The summed E-state index contributed by atoms with van der Waals surface area (Å²) in [7, 11) is -3.73. The van der Waals surface area contributed by atoms with Crippen LogP contribution in [0.2, 0.25) is 0 Å². The van der Waals surface area contributed by atoms with E-state index in [9.17, 15) is 18.0 Å². The Balaban J connectivity index is 1.91. The number of carbonyl (C=O) groups is 2. The fraction of sp³-hybridized carbons (Fsp3) is 0.867. The predicted molar refractivity (Wildman–Crippen MR) is 86.9 cm³/mol. The number of ether oxygens (including phenoxy) is 1. The van der Waals surface area contributed by atoms with Gasteiger partial charge >= 0.3 is 5.97 Å². The second-order valence-electron chi connectivity index (χ2n) is 6.91. The molecule has 1 aliphatic carbocycles. The Labute approximate surface area is 142 Å². The molecule has 2 aliphatic rings. The van der Waals surface area contributed by atoms with Crippen LogP contribution in [0.1, 0.15) is 39.5 Å². The van der Waals surface area contributed by atoms with Crippen molar-refractivity contribution in [3.63, 3.8) is 0 Å². The van der Waals surface area contributed by atoms with E-state index < -0.39 is 39.9 Å². The summed E-state index contributed by atoms with van der Waals surface area (Å²) in [5.74, 6) is -1.79. The minimum atomic E-state index is -3.73. The molecular weight excluding hydrogens is 336 g/mol. The van der Waals surface area contributed by atoms with Crippen LogP contribution in [-0.4, -0.2) is 67.4 Å². The van der Waals surface area contributed by atoms with Gasteiger partial charge in [-0.15, -0.1) is 0 Å². The van der Waals surface area contributed by atoms with E-state index in [1.165, 1.54) is 4.90 Å². The molecule has 138 valence electrons. The number of carboxylic acid groups (broad SMARTS) is 1. The van der Waals surface area contributed by atoms with Crippen LogP contribution < -0.4 is 4.72 Å². The van der Waals surface area contributed by atoms with Crippen LogP contribution in [0.15, 0.2) is 0 Å². The zero-order valence-corrected chi connectivity index (χ0v) is 14.9. The molecule has 9 heteroatoms. The lowest BCUT2D eigenvalue weighted by Gasteiger charge is -2.35. The van der Waals surface area contributed by atoms with E-state index in [-0.39, 0.29) is 19.1 Å². The molecule has 1 heterocycles. The molecule has 0 aromatic heterocycles. The highest BCUT2D eigenvalue weighted by Crippen LogP contribution is 2.24. The summed E-state index contributed by atoms with van der Waals surface area (Å²) in [5, 5.41) is 9.03. The lowest BCUT2D eigenvalue weighted by Crippen LogP contribution is -2.53. The van der Waals surface area contributed by atoms with E-state index in [0.717, 1.165) is 25.7 Å². The van der Waals surface area contributed by atoms with Crippen LogP contribution in [0.25, 0.3) is 0 Å². The molecule has 0 spiro atoms. The van der Waals surface area contributed by atoms with Crippen LogP contribution in [0, 0.1) is 5.92 Å². The molecule has 1 unspecified atom stereocenters. The van der Waals surface area contributed by atoms with E-state index in [1.807, 2.05) is 0 Å². The SMILES string of the molecule is CC1CCC(NS(=O)(=O)CC(=O)N2CC(C(=O)O)O[C@H](C)C2)CC1. The molecule has 1 saturated heterocycles. The molecule has 2 N–H and O–H groups in total. The third-order valence-electron chi connectivity index (χ3n) is 4.56. The van der Waals surface area contributed by atoms with Crippen molar-refractivity contribution in [2.24, 2.45) is 5.92 Å². The topological polar surface area (TPSA) is 113 Å². The van der Waals surface area contributed by atoms with E-state index >= 15 is 0 Å². The fourth-order valence-electron chi connectivity index (χ4n) is 3.22. The number of amides is 1. The Morgan fingerprint density at radius 2 is 1.79 bits per heavy atom. The number of sulfonamides is 1. The first kappa shape index (κ1) is 19.1. The lowest BCUT2D eigenvalue weighted by atomic mass is 9.88. The lowest BCUT2D eigenvalue weighted by molar-refractivity contribution is -0.165. The molecule has 1 aliphatic heterocycles. The summed E-state index contributed by atoms with van der Waals surface area (Å²) < 4.78 is 32.3. The number of aliphatic carboxylic acids is 1. The van der Waals surface area contributed by atoms with Gasteiger partial charge in [0.05, 0.1) is 12.6 Å². The minimum absolute atomic E-state index is 0.116. The normalized spacial score (nSPS) is 31.7. The first-order valence-corrected chi connectivity index (χ1v) is 9.97. The van der Waals surface area contributed by atoms with Crippen molar-refractivity contribution >= 4 is 21.9 Å². The van der Waals surface area contributed by atoms with Crippen LogP contribution in [-0.2, 0) is 24.3 Å². The van der Waals surface area contributed by atoms with Gasteiger partial charge in [-0.25, -0.2) is 17.9 Å². The molecule has 0 radical (unpaired) electrons. The van der Waals surface area contributed by atoms with Gasteiger partial charge in [-0.05, 0) is 38.5 Å². The summed E-state index contributed by atoms with van der Waals surface area (Å²) in [5.41, 5.74) is 0. The van der Waals surface area contributed by atoms with Crippen molar-refractivity contribution in [2.45, 2.75) is 57.8 Å². The Bertz CT molecular complexity index is 571. The molecule has 1 saturated carbocycles. The number of morpholine rings is 1. The highest BCUT2D eigenvalue weighted by Gasteiger charge is 2.34. The summed E-state index contributed by atoms with van der Waals surface area (Å²) in [6, 6.07) is -0.116. The van der Waals surface area contributed by atoms with Crippen molar-refractivity contribution in [1.29, 1.82) is 0 Å². The Kier molecular flexibility index (Phi) is 6.22. The fourth-order valence-corrected chi connectivity index (χ4v) is 4.55. The van der Waals surface area contributed by atoms with Crippen molar-refractivity contribution in [1.82, 2.24) is 9.62 Å². The van der Waals surface area contributed by atoms with Crippen molar-refractivity contribution in [3.05, 3.63) is 0 Å². The molecule has 2 rings (SSSR count). The third kappa shape index (κ3) is 5.42. The number of hydrogen-bond acceptors (Lipinski definition) is 5. The van der Waals surface area contributed by atoms with Gasteiger partial charge in [-0.1, -0.05) is 6.92 Å². The molecule has 2 atom stereocenters. The minimum Gasteiger partial charge on any atom is -0.479 e. The summed E-state index contributed by atoms with van der Waals surface area (Å²) in [6.07, 6.45) is 1.95. The molecule has 0 aromatic rings. The monoisotopic (exact) mass is 362 g/mol. The van der Waals surface area contributed by atoms with Crippen LogP contribution in [0.4, 0.5) is 0 Å². The highest BCUT2D eigenvalue weighted by atomic mass is 32.2. The second-order valence-corrected chi connectivity index (χ2v) is 8.66. The Morgan fingerprint density at radius 1 is 1.17 bits per heavy atom. The quantitative estimate of drug-likeness (QED) is 0.722. The maximum atomic E-state index is 12.3. The molecule has 8 nitrogen and oxygen atoms in total. The molecule has 0 bridgehead atoms. The van der Waals surface area contributed by atoms with E-state index in [0.29, 0.717) is 5.92 Å². The number of carbonyl (C=O) groups excluding carboxylic acids is 1. The number of hydrogen-bond donors (Lipinski definition) is 2. The second kappa shape index (κ2) is 7.79. The number of nitrogens with zero attached hydrogens (tertiary/aromatic N) is 1. The van der Waals surface area contributed by atoms with E-state index in [1.54, 1.807) is 6.92 Å². The zero-order chi connectivity index (χ0) is 17.9. The van der Waals surface area contributed by atoms with E-state index in [2.05, 4.69) is 11.6 Å². The standard InChI is InChI=1S/C15H26N2O6S/c1-10-3-5-12(6-4-10)16-24(21,22)9-14(18)17-7-11(2)23-13(8-17)15(19)20/h10-13,16H,3-9H2,1-2H3,(H,19,20)/t10?,11-,12?,13?/m1/s1. The van der Waals surface area contributed by atoms with Gasteiger partial charge in [-0.3, -0.25) is 4.79 Å². The summed E-state index contributed by atoms with van der Waals surface area (Å²) in [6.45, 7) is 3.87. The van der Waals surface area contributed by atoms with Crippen molar-refractivity contribution < 1.29 is 27.9 Å². The van der Waals surface area contributed by atoms with Crippen LogP contribution in [0.5, 0.6) is 0 Å². The molecule has 0 aromatic carbocycles. The first-order valence-electron chi connectivity index (χ1n) is 8.32. The van der Waals surface area contributed by atoms with Gasteiger partial charge in [0.25, 0.3) is 0 Å². The third-order valence-corrected chi connectivity index (χ3v) is 5.88. The van der Waals surface area contributed by atoms with Gasteiger partial charge in [0.2, 0.25) is 15.9 Å². The van der Waals surface area contributed by atoms with Gasteiger partial charge in [0.1, 0.15) is 5.75 Å². The van der Waals surface area contributed by atoms with Crippen LogP contribution >= 0.6 is 0 Å². The molecule has 1 amide bonds. The molecule has 2 fully saturated rings. The summed E-state index contributed by atoms with van der Waals surface area (Å²) in [4.78, 5) is 24.6. The van der Waals surface area contributed by atoms with Crippen molar-refractivity contribution in [3.8, 4) is 0 Å². The number of rotatable bonds is 5. The average Bonchev–Trinajstić information content (AvgIpc) is 2.48. The van der Waals surface area contributed by atoms with Gasteiger partial charge in [0, 0.05) is 12.6 Å². The molecule has 24 heavy (non-hydrogen) atoms. The predicted octanol–water partition coefficient (Wildman–Crippen LogP) is 0.185. The Morgan fingerprint density at radius 3 is 2.38 bits per heavy atom. The van der Waals surface area contributed by atoms with E-state index in [4.69, 9.17) is 9.84 Å². The van der Waals surface area contributed by atoms with Crippen LogP contribution in [0.3, 0.4) is 0 Å². The van der Waals surface area contributed by atoms with Gasteiger partial charge in [-0.2, -0.15) is 0 Å². The number of carboxylic acids is 1. The maximum Gasteiger partial charge on any atom is 0.334 e. The highest BCUT2D eigenvalue weighted by molar-refractivity contribution is 7.90. The zero-order valence-electron chi connectivity index (χ0n) is 14.1. The largest absolute Gasteiger partial charge is 0.479 e.